The summed E-state index contributed by atoms with van der Waals surface area (Å²) in [6.45, 7) is 4.89. The summed E-state index contributed by atoms with van der Waals surface area (Å²) in [4.78, 5) is 24.6. The van der Waals surface area contributed by atoms with Gasteiger partial charge in [0.2, 0.25) is 5.91 Å². The van der Waals surface area contributed by atoms with Crippen molar-refractivity contribution in [2.45, 2.75) is 360 Å². The first-order valence-electron chi connectivity index (χ1n) is 32.3. The molecule has 0 radical (unpaired) electrons. The predicted molar refractivity (Wildman–Crippen MR) is 315 cm³/mol. The Balaban J connectivity index is 3.40. The minimum absolute atomic E-state index is 0.00642. The van der Waals surface area contributed by atoms with E-state index in [-0.39, 0.29) is 18.5 Å². The highest BCUT2D eigenvalue weighted by Crippen LogP contribution is 2.18. The minimum Gasteiger partial charge on any atom is -0.466 e. The van der Waals surface area contributed by atoms with Gasteiger partial charge < -0.3 is 20.3 Å². The molecule has 1 amide bonds. The molecule has 72 heavy (non-hydrogen) atoms. The molecule has 0 spiro atoms. The number of aliphatic hydroxyl groups excluding tert-OH is 2. The normalized spacial score (nSPS) is 12.8. The second-order valence-corrected chi connectivity index (χ2v) is 22.1. The lowest BCUT2D eigenvalue weighted by Gasteiger charge is -2.20. The van der Waals surface area contributed by atoms with Crippen molar-refractivity contribution >= 4 is 11.9 Å². The average Bonchev–Trinajstić information content (AvgIpc) is 3.38. The first-order chi connectivity index (χ1) is 35.5. The molecular weight excluding hydrogens is 887 g/mol. The molecule has 0 saturated heterocycles. The van der Waals surface area contributed by atoms with E-state index in [0.29, 0.717) is 19.4 Å². The zero-order valence-electron chi connectivity index (χ0n) is 48.4. The Bertz CT molecular complexity index is 1170. The number of allylic oxidation sites excluding steroid dienone is 5. The number of aliphatic hydroxyl groups is 2. The summed E-state index contributed by atoms with van der Waals surface area (Å²) in [5, 5.41) is 23.2. The van der Waals surface area contributed by atoms with Crippen molar-refractivity contribution in [2.24, 2.45) is 0 Å². The standard InChI is InChI=1S/C66H125NO5/c1-3-5-7-9-11-13-15-17-19-21-24-28-32-36-40-44-48-52-56-60-66(71)72-61-57-53-49-45-41-37-33-29-26-23-22-25-27-31-35-39-43-47-51-55-59-65(70)67-63(62-68)64(69)58-54-50-46-42-38-34-30-20-18-16-14-12-10-8-6-4-2/h11,13,17,19,54,58,63-64,68-69H,3-10,12,14-16,18,20-53,55-57,59-62H2,1-2H3,(H,67,70)/b13-11-,19-17-,58-54+. The van der Waals surface area contributed by atoms with Gasteiger partial charge in [-0.3, -0.25) is 9.59 Å². The number of ether oxygens (including phenoxy) is 1. The third-order valence-corrected chi connectivity index (χ3v) is 14.9. The lowest BCUT2D eigenvalue weighted by atomic mass is 10.0. The van der Waals surface area contributed by atoms with E-state index in [4.69, 9.17) is 4.74 Å². The topological polar surface area (TPSA) is 95.9 Å². The van der Waals surface area contributed by atoms with Crippen LogP contribution in [-0.4, -0.2) is 47.4 Å². The maximum Gasteiger partial charge on any atom is 0.305 e. The molecule has 0 aliphatic carbocycles. The van der Waals surface area contributed by atoms with Crippen LogP contribution in [0.25, 0.3) is 0 Å². The molecule has 0 aliphatic rings. The van der Waals surface area contributed by atoms with Crippen LogP contribution in [-0.2, 0) is 14.3 Å². The highest BCUT2D eigenvalue weighted by molar-refractivity contribution is 5.76. The van der Waals surface area contributed by atoms with E-state index in [1.807, 2.05) is 6.08 Å². The van der Waals surface area contributed by atoms with Crippen LogP contribution in [0.5, 0.6) is 0 Å². The predicted octanol–water partition coefficient (Wildman–Crippen LogP) is 20.4. The molecular formula is C66H125NO5. The van der Waals surface area contributed by atoms with E-state index in [0.717, 1.165) is 51.4 Å². The number of carbonyl (C=O) groups is 2. The second kappa shape index (κ2) is 61.6. The van der Waals surface area contributed by atoms with Crippen molar-refractivity contribution in [3.8, 4) is 0 Å². The molecule has 0 aromatic rings. The molecule has 3 N–H and O–H groups in total. The number of rotatable bonds is 60. The van der Waals surface area contributed by atoms with Crippen molar-refractivity contribution < 1.29 is 24.5 Å². The summed E-state index contributed by atoms with van der Waals surface area (Å²) >= 11 is 0. The largest absolute Gasteiger partial charge is 0.466 e. The van der Waals surface area contributed by atoms with Crippen LogP contribution < -0.4 is 5.32 Å². The molecule has 0 aliphatic heterocycles. The number of hydrogen-bond donors (Lipinski definition) is 3. The van der Waals surface area contributed by atoms with Crippen LogP contribution in [0.15, 0.2) is 36.5 Å². The molecule has 2 unspecified atom stereocenters. The number of unbranched alkanes of at least 4 members (excludes halogenated alkanes) is 45. The minimum atomic E-state index is -0.846. The van der Waals surface area contributed by atoms with Gasteiger partial charge in [-0.1, -0.05) is 307 Å². The van der Waals surface area contributed by atoms with Gasteiger partial charge in [0.15, 0.2) is 0 Å². The molecule has 2 atom stereocenters. The van der Waals surface area contributed by atoms with Crippen molar-refractivity contribution in [1.29, 1.82) is 0 Å². The third kappa shape index (κ3) is 57.4. The summed E-state index contributed by atoms with van der Waals surface area (Å²) in [6, 6.07) is -0.630. The van der Waals surface area contributed by atoms with Crippen LogP contribution in [0.4, 0.5) is 0 Å². The molecule has 6 nitrogen and oxygen atoms in total. The number of amides is 1. The SMILES string of the molecule is CCCCC/C=C\C/C=C\CCCCCCCCCCCC(=O)OCCCCCCCCCCCCCCCCCCCCCCC(=O)NC(CO)C(O)/C=C/CCCCCCCCCCCCCCCC. The van der Waals surface area contributed by atoms with Gasteiger partial charge >= 0.3 is 5.97 Å². The Morgan fingerprint density at radius 2 is 0.694 bits per heavy atom. The summed E-state index contributed by atoms with van der Waals surface area (Å²) in [6.07, 6.45) is 77.6. The van der Waals surface area contributed by atoms with Crippen LogP contribution in [0.3, 0.4) is 0 Å². The van der Waals surface area contributed by atoms with Gasteiger partial charge in [-0.2, -0.15) is 0 Å². The zero-order valence-corrected chi connectivity index (χ0v) is 48.4. The fraction of sp³-hybridized carbons (Fsp3) is 0.879. The monoisotopic (exact) mass is 1010 g/mol. The fourth-order valence-electron chi connectivity index (χ4n) is 9.96. The Labute approximate surface area is 449 Å². The van der Waals surface area contributed by atoms with Crippen molar-refractivity contribution in [3.63, 3.8) is 0 Å². The number of nitrogens with one attached hydrogen (secondary N) is 1. The quantitative estimate of drug-likeness (QED) is 0.0320. The Morgan fingerprint density at radius 1 is 0.389 bits per heavy atom. The van der Waals surface area contributed by atoms with Gasteiger partial charge in [-0.25, -0.2) is 0 Å². The highest BCUT2D eigenvalue weighted by atomic mass is 16.5. The molecule has 0 fully saturated rings. The van der Waals surface area contributed by atoms with Crippen molar-refractivity contribution in [1.82, 2.24) is 5.32 Å². The summed E-state index contributed by atoms with van der Waals surface area (Å²) in [5.74, 6) is -0.0617. The van der Waals surface area contributed by atoms with Gasteiger partial charge in [0.1, 0.15) is 0 Å². The smallest absolute Gasteiger partial charge is 0.305 e. The average molecular weight is 1010 g/mol. The molecule has 0 bridgehead atoms. The maximum atomic E-state index is 12.5. The van der Waals surface area contributed by atoms with E-state index in [1.54, 1.807) is 6.08 Å². The molecule has 0 aromatic carbocycles. The van der Waals surface area contributed by atoms with Gasteiger partial charge in [0.05, 0.1) is 25.4 Å². The van der Waals surface area contributed by atoms with E-state index in [2.05, 4.69) is 43.5 Å². The van der Waals surface area contributed by atoms with Crippen LogP contribution in [0.1, 0.15) is 348 Å². The summed E-state index contributed by atoms with van der Waals surface area (Å²) in [5.41, 5.74) is 0. The second-order valence-electron chi connectivity index (χ2n) is 22.1. The van der Waals surface area contributed by atoms with E-state index in [1.165, 1.54) is 270 Å². The van der Waals surface area contributed by atoms with Gasteiger partial charge in [0.25, 0.3) is 0 Å². The number of esters is 1. The van der Waals surface area contributed by atoms with E-state index < -0.39 is 12.1 Å². The van der Waals surface area contributed by atoms with E-state index in [9.17, 15) is 19.8 Å². The van der Waals surface area contributed by atoms with Gasteiger partial charge in [-0.05, 0) is 64.2 Å². The molecule has 424 valence electrons. The first-order valence-corrected chi connectivity index (χ1v) is 32.3. The van der Waals surface area contributed by atoms with Crippen LogP contribution >= 0.6 is 0 Å². The summed E-state index contributed by atoms with van der Waals surface area (Å²) in [7, 11) is 0. The highest BCUT2D eigenvalue weighted by Gasteiger charge is 2.18. The molecule has 0 rings (SSSR count). The fourth-order valence-corrected chi connectivity index (χ4v) is 9.96. The van der Waals surface area contributed by atoms with Gasteiger partial charge in [-0.15, -0.1) is 0 Å². The summed E-state index contributed by atoms with van der Waals surface area (Å²) < 4.78 is 5.50. The van der Waals surface area contributed by atoms with Gasteiger partial charge in [0, 0.05) is 12.8 Å². The first kappa shape index (κ1) is 70.1. The Hall–Kier alpha value is -1.92. The molecule has 0 heterocycles. The molecule has 0 aromatic heterocycles. The molecule has 0 saturated carbocycles. The number of hydrogen-bond acceptors (Lipinski definition) is 5. The zero-order chi connectivity index (χ0) is 52.2. The lowest BCUT2D eigenvalue weighted by Crippen LogP contribution is -2.45. The maximum absolute atomic E-state index is 12.5. The molecule has 6 heteroatoms. The lowest BCUT2D eigenvalue weighted by molar-refractivity contribution is -0.143. The Kier molecular flexibility index (Phi) is 60.0. The van der Waals surface area contributed by atoms with Crippen molar-refractivity contribution in [3.05, 3.63) is 36.5 Å². The van der Waals surface area contributed by atoms with Crippen LogP contribution in [0, 0.1) is 0 Å². The van der Waals surface area contributed by atoms with E-state index >= 15 is 0 Å². The van der Waals surface area contributed by atoms with Crippen molar-refractivity contribution in [2.75, 3.05) is 13.2 Å². The van der Waals surface area contributed by atoms with Crippen LogP contribution in [0.2, 0.25) is 0 Å². The number of carbonyl (C=O) groups excluding carboxylic acids is 2. The third-order valence-electron chi connectivity index (χ3n) is 14.9. The Morgan fingerprint density at radius 3 is 1.08 bits per heavy atom.